The van der Waals surface area contributed by atoms with Gasteiger partial charge >= 0.3 is 5.97 Å². The van der Waals surface area contributed by atoms with Gasteiger partial charge in [0.1, 0.15) is 0 Å². The number of aliphatic hydroxyl groups is 1. The lowest BCUT2D eigenvalue weighted by Crippen LogP contribution is -2.46. The predicted molar refractivity (Wildman–Crippen MR) is 85.1 cm³/mol. The molecule has 4 nitrogen and oxygen atoms in total. The second-order valence-corrected chi connectivity index (χ2v) is 7.00. The number of rotatable bonds is 8. The Balaban J connectivity index is 2.29. The zero-order valence-corrected chi connectivity index (χ0v) is 14.2. The zero-order valence-electron chi connectivity index (χ0n) is 14.2. The Bertz CT molecular complexity index is 309. The van der Waals surface area contributed by atoms with Gasteiger partial charge in [-0.2, -0.15) is 0 Å². The summed E-state index contributed by atoms with van der Waals surface area (Å²) >= 11 is 0. The van der Waals surface area contributed by atoms with E-state index in [0.29, 0.717) is 32.0 Å². The lowest BCUT2D eigenvalue weighted by molar-refractivity contribution is -0.151. The Labute approximate surface area is 129 Å². The first kappa shape index (κ1) is 18.4. The van der Waals surface area contributed by atoms with E-state index in [2.05, 4.69) is 26.1 Å². The van der Waals surface area contributed by atoms with Gasteiger partial charge < -0.3 is 15.2 Å². The maximum absolute atomic E-state index is 11.7. The van der Waals surface area contributed by atoms with Gasteiger partial charge in [-0.05, 0) is 58.3 Å². The third-order valence-corrected chi connectivity index (χ3v) is 4.49. The van der Waals surface area contributed by atoms with E-state index in [9.17, 15) is 9.90 Å². The first-order valence-corrected chi connectivity index (χ1v) is 8.48. The molecule has 2 N–H and O–H groups in total. The van der Waals surface area contributed by atoms with E-state index in [1.807, 2.05) is 6.92 Å². The minimum absolute atomic E-state index is 0.0245. The highest BCUT2D eigenvalue weighted by Gasteiger charge is 2.36. The quantitative estimate of drug-likeness (QED) is 0.677. The van der Waals surface area contributed by atoms with Crippen molar-refractivity contribution in [2.75, 3.05) is 13.2 Å². The highest BCUT2D eigenvalue weighted by atomic mass is 16.5. The molecule has 0 saturated heterocycles. The van der Waals surface area contributed by atoms with Gasteiger partial charge in [0.15, 0.2) is 0 Å². The van der Waals surface area contributed by atoms with E-state index in [-0.39, 0.29) is 11.9 Å². The van der Waals surface area contributed by atoms with E-state index in [4.69, 9.17) is 4.74 Å². The van der Waals surface area contributed by atoms with Gasteiger partial charge in [0.2, 0.25) is 0 Å². The molecule has 21 heavy (non-hydrogen) atoms. The molecular formula is C17H33NO3. The van der Waals surface area contributed by atoms with E-state index in [1.54, 1.807) is 0 Å². The van der Waals surface area contributed by atoms with E-state index < -0.39 is 5.60 Å². The maximum atomic E-state index is 11.7. The SMILES string of the molecule is CCOC(=O)C1CCC(O)(CNC(C)CCC(C)C)CC1. The number of hydrogen-bond donors (Lipinski definition) is 2. The van der Waals surface area contributed by atoms with Crippen LogP contribution in [0, 0.1) is 11.8 Å². The summed E-state index contributed by atoms with van der Waals surface area (Å²) in [5.41, 5.74) is -0.658. The second-order valence-electron chi connectivity index (χ2n) is 7.00. The molecule has 1 fully saturated rings. The van der Waals surface area contributed by atoms with Crippen LogP contribution >= 0.6 is 0 Å². The van der Waals surface area contributed by atoms with Crippen molar-refractivity contribution in [3.63, 3.8) is 0 Å². The first-order chi connectivity index (χ1) is 9.86. The molecule has 1 rings (SSSR count). The first-order valence-electron chi connectivity index (χ1n) is 8.48. The molecule has 1 unspecified atom stereocenters. The van der Waals surface area contributed by atoms with Crippen LogP contribution in [0.3, 0.4) is 0 Å². The molecule has 1 aliphatic carbocycles. The fourth-order valence-corrected chi connectivity index (χ4v) is 2.88. The van der Waals surface area contributed by atoms with Crippen molar-refractivity contribution in [2.45, 2.75) is 77.9 Å². The molecule has 0 aromatic carbocycles. The molecule has 1 atom stereocenters. The summed E-state index contributed by atoms with van der Waals surface area (Å²) in [6.07, 6.45) is 5.17. The topological polar surface area (TPSA) is 58.6 Å². The van der Waals surface area contributed by atoms with E-state index in [0.717, 1.165) is 25.2 Å². The van der Waals surface area contributed by atoms with Crippen molar-refractivity contribution < 1.29 is 14.6 Å². The number of carbonyl (C=O) groups is 1. The lowest BCUT2D eigenvalue weighted by atomic mass is 9.78. The third-order valence-electron chi connectivity index (χ3n) is 4.49. The molecule has 124 valence electrons. The fraction of sp³-hybridized carbons (Fsp3) is 0.941. The number of esters is 1. The van der Waals surface area contributed by atoms with Crippen LogP contribution in [0.1, 0.15) is 66.2 Å². The van der Waals surface area contributed by atoms with Gasteiger partial charge in [-0.15, -0.1) is 0 Å². The number of nitrogens with one attached hydrogen (secondary N) is 1. The minimum atomic E-state index is -0.658. The molecule has 0 aromatic rings. The summed E-state index contributed by atoms with van der Waals surface area (Å²) in [5.74, 6) is 0.596. The molecule has 0 heterocycles. The van der Waals surface area contributed by atoms with Crippen molar-refractivity contribution in [3.05, 3.63) is 0 Å². The van der Waals surface area contributed by atoms with Crippen molar-refractivity contribution in [1.82, 2.24) is 5.32 Å². The molecule has 0 spiro atoms. The average molecular weight is 299 g/mol. The van der Waals surface area contributed by atoms with Crippen molar-refractivity contribution in [2.24, 2.45) is 11.8 Å². The summed E-state index contributed by atoms with van der Waals surface area (Å²) in [7, 11) is 0. The smallest absolute Gasteiger partial charge is 0.308 e. The molecule has 0 aliphatic heterocycles. The Morgan fingerprint density at radius 1 is 1.29 bits per heavy atom. The summed E-state index contributed by atoms with van der Waals surface area (Å²) in [4.78, 5) is 11.7. The molecule has 1 saturated carbocycles. The van der Waals surface area contributed by atoms with Gasteiger partial charge in [-0.25, -0.2) is 0 Å². The van der Waals surface area contributed by atoms with E-state index >= 15 is 0 Å². The van der Waals surface area contributed by atoms with Crippen LogP contribution in [0.15, 0.2) is 0 Å². The number of ether oxygens (including phenoxy) is 1. The standard InChI is InChI=1S/C17H33NO3/c1-5-21-16(19)15-8-10-17(20,11-9-15)12-18-14(4)7-6-13(2)3/h13-15,18,20H,5-12H2,1-4H3. The summed E-state index contributed by atoms with van der Waals surface area (Å²) in [6.45, 7) is 9.54. The zero-order chi connectivity index (χ0) is 15.9. The van der Waals surface area contributed by atoms with Crippen LogP contribution in [0.4, 0.5) is 0 Å². The monoisotopic (exact) mass is 299 g/mol. The highest BCUT2D eigenvalue weighted by molar-refractivity contribution is 5.72. The van der Waals surface area contributed by atoms with Gasteiger partial charge in [0.05, 0.1) is 18.1 Å². The van der Waals surface area contributed by atoms with Gasteiger partial charge in [-0.3, -0.25) is 4.79 Å². The third kappa shape index (κ3) is 6.79. The van der Waals surface area contributed by atoms with Gasteiger partial charge in [0, 0.05) is 12.6 Å². The predicted octanol–water partition coefficient (Wildman–Crippen LogP) is 2.89. The van der Waals surface area contributed by atoms with Crippen LogP contribution in [0.25, 0.3) is 0 Å². The minimum Gasteiger partial charge on any atom is -0.466 e. The molecule has 4 heteroatoms. The fourth-order valence-electron chi connectivity index (χ4n) is 2.88. The molecule has 0 amide bonds. The van der Waals surface area contributed by atoms with Crippen LogP contribution < -0.4 is 5.32 Å². The van der Waals surface area contributed by atoms with Crippen LogP contribution in [0.2, 0.25) is 0 Å². The Morgan fingerprint density at radius 3 is 2.43 bits per heavy atom. The van der Waals surface area contributed by atoms with Gasteiger partial charge in [0.25, 0.3) is 0 Å². The number of hydrogen-bond acceptors (Lipinski definition) is 4. The van der Waals surface area contributed by atoms with Crippen molar-refractivity contribution in [1.29, 1.82) is 0 Å². The largest absolute Gasteiger partial charge is 0.466 e. The normalized spacial score (nSPS) is 27.6. The lowest BCUT2D eigenvalue weighted by Gasteiger charge is -2.36. The Morgan fingerprint density at radius 2 is 1.90 bits per heavy atom. The summed E-state index contributed by atoms with van der Waals surface area (Å²) in [6, 6.07) is 0.430. The van der Waals surface area contributed by atoms with Crippen LogP contribution in [-0.2, 0) is 9.53 Å². The second kappa shape index (κ2) is 8.74. The van der Waals surface area contributed by atoms with Crippen LogP contribution in [-0.4, -0.2) is 35.9 Å². The molecule has 0 aromatic heterocycles. The molecular weight excluding hydrogens is 266 g/mol. The van der Waals surface area contributed by atoms with Gasteiger partial charge in [-0.1, -0.05) is 13.8 Å². The summed E-state index contributed by atoms with van der Waals surface area (Å²) in [5, 5.41) is 14.1. The van der Waals surface area contributed by atoms with Crippen molar-refractivity contribution in [3.8, 4) is 0 Å². The molecule has 0 radical (unpaired) electrons. The van der Waals surface area contributed by atoms with Crippen LogP contribution in [0.5, 0.6) is 0 Å². The Kier molecular flexibility index (Phi) is 7.67. The van der Waals surface area contributed by atoms with E-state index in [1.165, 1.54) is 6.42 Å². The molecule has 0 bridgehead atoms. The Hall–Kier alpha value is -0.610. The maximum Gasteiger partial charge on any atom is 0.308 e. The molecule has 1 aliphatic rings. The van der Waals surface area contributed by atoms with Crippen molar-refractivity contribution >= 4 is 5.97 Å². The average Bonchev–Trinajstić information content (AvgIpc) is 2.44. The highest BCUT2D eigenvalue weighted by Crippen LogP contribution is 2.32. The summed E-state index contributed by atoms with van der Waals surface area (Å²) < 4.78 is 5.07. The number of carbonyl (C=O) groups excluding carboxylic acids is 1.